The molecule has 0 saturated carbocycles. The third-order valence-electron chi connectivity index (χ3n) is 4.57. The highest BCUT2D eigenvalue weighted by Gasteiger charge is 2.11. The number of aromatic nitrogens is 1. The quantitative estimate of drug-likeness (QED) is 0.741. The molecule has 1 saturated heterocycles. The lowest BCUT2D eigenvalue weighted by atomic mass is 10.2. The van der Waals surface area contributed by atoms with Gasteiger partial charge in [-0.05, 0) is 36.6 Å². The van der Waals surface area contributed by atoms with Crippen molar-refractivity contribution in [1.29, 1.82) is 0 Å². The third kappa shape index (κ3) is 6.06. The minimum absolute atomic E-state index is 0.0880. The zero-order valence-electron chi connectivity index (χ0n) is 15.2. The Kier molecular flexibility index (Phi) is 7.37. The Bertz CT molecular complexity index is 667. The molecule has 0 aliphatic carbocycles. The molecule has 3 rings (SSSR count). The van der Waals surface area contributed by atoms with Gasteiger partial charge in [-0.25, -0.2) is 4.98 Å². The first kappa shape index (κ1) is 18.8. The van der Waals surface area contributed by atoms with Crippen molar-refractivity contribution in [3.63, 3.8) is 0 Å². The van der Waals surface area contributed by atoms with Crippen LogP contribution in [0, 0.1) is 0 Å². The standard InChI is InChI=1S/C21H27N3OS/c25-21(12-15-26-19-8-4-3-5-9-19)23-17-18-10-11-20(22-16-18)24-13-6-1-2-7-14-24/h3-5,8-11,16H,1-2,6-7,12-15,17H2,(H,23,25). The Morgan fingerprint density at radius 1 is 1.04 bits per heavy atom. The van der Waals surface area contributed by atoms with E-state index in [2.05, 4.69) is 39.5 Å². The number of hydrogen-bond donors (Lipinski definition) is 1. The number of rotatable bonds is 7. The molecule has 138 valence electrons. The van der Waals surface area contributed by atoms with Crippen LogP contribution in [0.1, 0.15) is 37.7 Å². The second-order valence-electron chi connectivity index (χ2n) is 6.61. The van der Waals surface area contributed by atoms with Crippen molar-refractivity contribution in [2.45, 2.75) is 43.5 Å². The van der Waals surface area contributed by atoms with Crippen LogP contribution in [0.5, 0.6) is 0 Å². The monoisotopic (exact) mass is 369 g/mol. The Morgan fingerprint density at radius 2 is 1.81 bits per heavy atom. The molecule has 1 aliphatic rings. The molecule has 1 aliphatic heterocycles. The molecule has 1 N–H and O–H groups in total. The largest absolute Gasteiger partial charge is 0.357 e. The van der Waals surface area contributed by atoms with Crippen LogP contribution in [0.25, 0.3) is 0 Å². The minimum atomic E-state index is 0.0880. The van der Waals surface area contributed by atoms with E-state index in [0.717, 1.165) is 30.2 Å². The summed E-state index contributed by atoms with van der Waals surface area (Å²) in [5.74, 6) is 1.94. The number of thioether (sulfide) groups is 1. The van der Waals surface area contributed by atoms with Crippen molar-refractivity contribution in [2.24, 2.45) is 0 Å². The van der Waals surface area contributed by atoms with Crippen molar-refractivity contribution in [1.82, 2.24) is 10.3 Å². The molecule has 4 nitrogen and oxygen atoms in total. The fraction of sp³-hybridized carbons (Fsp3) is 0.429. The van der Waals surface area contributed by atoms with Gasteiger partial charge in [0.1, 0.15) is 5.82 Å². The molecule has 2 heterocycles. The highest BCUT2D eigenvalue weighted by Crippen LogP contribution is 2.18. The Hall–Kier alpha value is -2.01. The second-order valence-corrected chi connectivity index (χ2v) is 7.78. The molecule has 0 radical (unpaired) electrons. The molecule has 0 bridgehead atoms. The van der Waals surface area contributed by atoms with Crippen LogP contribution in [-0.4, -0.2) is 29.7 Å². The average Bonchev–Trinajstić information content (AvgIpc) is 2.97. The molecule has 5 heteroatoms. The summed E-state index contributed by atoms with van der Waals surface area (Å²) in [7, 11) is 0. The lowest BCUT2D eigenvalue weighted by Crippen LogP contribution is -2.25. The molecule has 26 heavy (non-hydrogen) atoms. The predicted molar refractivity (Wildman–Crippen MR) is 109 cm³/mol. The number of hydrogen-bond acceptors (Lipinski definition) is 4. The van der Waals surface area contributed by atoms with Crippen molar-refractivity contribution in [3.05, 3.63) is 54.2 Å². The number of pyridine rings is 1. The Labute approximate surface area is 160 Å². The van der Waals surface area contributed by atoms with E-state index >= 15 is 0 Å². The smallest absolute Gasteiger partial charge is 0.221 e. The van der Waals surface area contributed by atoms with Crippen molar-refractivity contribution < 1.29 is 4.79 Å². The summed E-state index contributed by atoms with van der Waals surface area (Å²) in [6.07, 6.45) is 7.56. The first-order valence-electron chi connectivity index (χ1n) is 9.46. The summed E-state index contributed by atoms with van der Waals surface area (Å²) in [6, 6.07) is 14.3. The van der Waals surface area contributed by atoms with Gasteiger partial charge >= 0.3 is 0 Å². The number of anilines is 1. The maximum absolute atomic E-state index is 12.0. The zero-order chi connectivity index (χ0) is 18.0. The van der Waals surface area contributed by atoms with Gasteiger partial charge in [-0.2, -0.15) is 0 Å². The minimum Gasteiger partial charge on any atom is -0.357 e. The Balaban J connectivity index is 1.39. The maximum atomic E-state index is 12.0. The van der Waals surface area contributed by atoms with Gasteiger partial charge in [0.2, 0.25) is 5.91 Å². The molecule has 0 atom stereocenters. The van der Waals surface area contributed by atoms with Gasteiger partial charge in [-0.1, -0.05) is 37.1 Å². The van der Waals surface area contributed by atoms with Gasteiger partial charge in [0, 0.05) is 42.9 Å². The van der Waals surface area contributed by atoms with E-state index in [1.165, 1.54) is 30.6 Å². The third-order valence-corrected chi connectivity index (χ3v) is 5.58. The molecule has 1 aromatic heterocycles. The van der Waals surface area contributed by atoms with Crippen LogP contribution in [0.3, 0.4) is 0 Å². The number of carbonyl (C=O) groups is 1. The van der Waals surface area contributed by atoms with E-state index in [0.29, 0.717) is 13.0 Å². The number of nitrogens with zero attached hydrogens (tertiary/aromatic N) is 2. The summed E-state index contributed by atoms with van der Waals surface area (Å²) in [4.78, 5) is 20.2. The second kappa shape index (κ2) is 10.2. The van der Waals surface area contributed by atoms with Crippen LogP contribution in [0.4, 0.5) is 5.82 Å². The normalized spacial score (nSPS) is 14.7. The lowest BCUT2D eigenvalue weighted by Gasteiger charge is -2.21. The fourth-order valence-corrected chi connectivity index (χ4v) is 3.95. The summed E-state index contributed by atoms with van der Waals surface area (Å²) >= 11 is 1.71. The lowest BCUT2D eigenvalue weighted by molar-refractivity contribution is -0.120. The first-order valence-corrected chi connectivity index (χ1v) is 10.4. The summed E-state index contributed by atoms with van der Waals surface area (Å²) < 4.78 is 0. The number of amides is 1. The van der Waals surface area contributed by atoms with E-state index < -0.39 is 0 Å². The molecule has 0 spiro atoms. The molecule has 2 aromatic rings. The molecular weight excluding hydrogens is 342 g/mol. The SMILES string of the molecule is O=C(CCSc1ccccc1)NCc1ccc(N2CCCCCC2)nc1. The van der Waals surface area contributed by atoms with Crippen LogP contribution < -0.4 is 10.2 Å². The fourth-order valence-electron chi connectivity index (χ4n) is 3.08. The molecule has 1 amide bonds. The number of benzene rings is 1. The van der Waals surface area contributed by atoms with E-state index in [-0.39, 0.29) is 5.91 Å². The van der Waals surface area contributed by atoms with E-state index in [4.69, 9.17) is 0 Å². The average molecular weight is 370 g/mol. The molecular formula is C21H27N3OS. The molecule has 1 fully saturated rings. The van der Waals surface area contributed by atoms with Crippen LogP contribution in [0.2, 0.25) is 0 Å². The summed E-state index contributed by atoms with van der Waals surface area (Å²) in [5.41, 5.74) is 1.05. The zero-order valence-corrected chi connectivity index (χ0v) is 16.0. The van der Waals surface area contributed by atoms with Crippen molar-refractivity contribution >= 4 is 23.5 Å². The van der Waals surface area contributed by atoms with Gasteiger partial charge in [-0.3, -0.25) is 4.79 Å². The van der Waals surface area contributed by atoms with Crippen LogP contribution >= 0.6 is 11.8 Å². The van der Waals surface area contributed by atoms with Crippen LogP contribution in [0.15, 0.2) is 53.6 Å². The van der Waals surface area contributed by atoms with Gasteiger partial charge in [-0.15, -0.1) is 11.8 Å². The van der Waals surface area contributed by atoms with Gasteiger partial charge in [0.25, 0.3) is 0 Å². The number of nitrogens with one attached hydrogen (secondary N) is 1. The van der Waals surface area contributed by atoms with E-state index in [1.54, 1.807) is 11.8 Å². The van der Waals surface area contributed by atoms with E-state index in [1.807, 2.05) is 24.4 Å². The summed E-state index contributed by atoms with van der Waals surface area (Å²) in [5, 5.41) is 2.99. The van der Waals surface area contributed by atoms with Gasteiger partial charge in [0.15, 0.2) is 0 Å². The molecule has 0 unspecified atom stereocenters. The van der Waals surface area contributed by atoms with Gasteiger partial charge in [0.05, 0.1) is 0 Å². The molecule has 1 aromatic carbocycles. The highest BCUT2D eigenvalue weighted by molar-refractivity contribution is 7.99. The topological polar surface area (TPSA) is 45.2 Å². The summed E-state index contributed by atoms with van der Waals surface area (Å²) in [6.45, 7) is 2.74. The highest BCUT2D eigenvalue weighted by atomic mass is 32.2. The Morgan fingerprint density at radius 3 is 2.50 bits per heavy atom. The predicted octanol–water partition coefficient (Wildman–Crippen LogP) is 4.26. The maximum Gasteiger partial charge on any atom is 0.221 e. The van der Waals surface area contributed by atoms with E-state index in [9.17, 15) is 4.79 Å². The number of carbonyl (C=O) groups excluding carboxylic acids is 1. The van der Waals surface area contributed by atoms with Crippen molar-refractivity contribution in [3.8, 4) is 0 Å². The van der Waals surface area contributed by atoms with Crippen LogP contribution in [-0.2, 0) is 11.3 Å². The van der Waals surface area contributed by atoms with Crippen molar-refractivity contribution in [2.75, 3.05) is 23.7 Å². The first-order chi connectivity index (χ1) is 12.8. The van der Waals surface area contributed by atoms with Gasteiger partial charge < -0.3 is 10.2 Å².